The molecule has 0 aromatic heterocycles. The SMILES string of the molecule is Cc1cc(C)cc(C(c2ccccc2OCc2ccccc2)N2CCNCC2)c1. The molecule has 1 fully saturated rings. The van der Waals surface area contributed by atoms with E-state index in [9.17, 15) is 0 Å². The summed E-state index contributed by atoms with van der Waals surface area (Å²) in [6, 6.07) is 26.0. The summed E-state index contributed by atoms with van der Waals surface area (Å²) in [6.07, 6.45) is 0. The molecular formula is C26H30N2O. The molecule has 150 valence electrons. The van der Waals surface area contributed by atoms with Crippen LogP contribution in [0.25, 0.3) is 0 Å². The van der Waals surface area contributed by atoms with Crippen LogP contribution in [0.2, 0.25) is 0 Å². The maximum absolute atomic E-state index is 6.33. The van der Waals surface area contributed by atoms with Gasteiger partial charge in [0.2, 0.25) is 0 Å². The van der Waals surface area contributed by atoms with Gasteiger partial charge in [0.1, 0.15) is 12.4 Å². The summed E-state index contributed by atoms with van der Waals surface area (Å²) in [6.45, 7) is 9.06. The minimum Gasteiger partial charge on any atom is -0.489 e. The second-order valence-corrected chi connectivity index (χ2v) is 7.92. The highest BCUT2D eigenvalue weighted by Gasteiger charge is 2.26. The number of ether oxygens (including phenoxy) is 1. The summed E-state index contributed by atoms with van der Waals surface area (Å²) in [7, 11) is 0. The summed E-state index contributed by atoms with van der Waals surface area (Å²) in [5.41, 5.74) is 6.40. The van der Waals surface area contributed by atoms with Crippen molar-refractivity contribution in [3.63, 3.8) is 0 Å². The topological polar surface area (TPSA) is 24.5 Å². The van der Waals surface area contributed by atoms with Gasteiger partial charge >= 0.3 is 0 Å². The van der Waals surface area contributed by atoms with Crippen molar-refractivity contribution in [2.75, 3.05) is 26.2 Å². The van der Waals surface area contributed by atoms with Crippen LogP contribution in [0.5, 0.6) is 5.75 Å². The second kappa shape index (κ2) is 9.25. The smallest absolute Gasteiger partial charge is 0.124 e. The van der Waals surface area contributed by atoms with Gasteiger partial charge < -0.3 is 10.1 Å². The lowest BCUT2D eigenvalue weighted by Gasteiger charge is -2.36. The Kier molecular flexibility index (Phi) is 6.28. The zero-order valence-corrected chi connectivity index (χ0v) is 17.4. The predicted molar refractivity (Wildman–Crippen MR) is 119 cm³/mol. The number of hydrogen-bond acceptors (Lipinski definition) is 3. The summed E-state index contributed by atoms with van der Waals surface area (Å²) in [5, 5.41) is 3.48. The molecule has 1 heterocycles. The van der Waals surface area contributed by atoms with Crippen LogP contribution >= 0.6 is 0 Å². The highest BCUT2D eigenvalue weighted by molar-refractivity contribution is 5.44. The van der Waals surface area contributed by atoms with Crippen molar-refractivity contribution in [1.29, 1.82) is 0 Å². The molecular weight excluding hydrogens is 356 g/mol. The Bertz CT molecular complexity index is 912. The van der Waals surface area contributed by atoms with Crippen molar-refractivity contribution in [2.24, 2.45) is 0 Å². The molecule has 3 heteroatoms. The molecule has 0 spiro atoms. The van der Waals surface area contributed by atoms with Crippen LogP contribution < -0.4 is 10.1 Å². The molecule has 1 aliphatic heterocycles. The lowest BCUT2D eigenvalue weighted by Crippen LogP contribution is -2.45. The number of piperazine rings is 1. The first-order valence-corrected chi connectivity index (χ1v) is 10.5. The Morgan fingerprint density at radius 1 is 0.862 bits per heavy atom. The van der Waals surface area contributed by atoms with E-state index in [4.69, 9.17) is 4.74 Å². The van der Waals surface area contributed by atoms with Gasteiger partial charge in [-0.25, -0.2) is 0 Å². The van der Waals surface area contributed by atoms with Crippen molar-refractivity contribution in [3.05, 3.63) is 101 Å². The van der Waals surface area contributed by atoms with Crippen molar-refractivity contribution >= 4 is 0 Å². The van der Waals surface area contributed by atoms with Crippen LogP contribution in [-0.4, -0.2) is 31.1 Å². The number of para-hydroxylation sites is 1. The number of hydrogen-bond donors (Lipinski definition) is 1. The fraction of sp³-hybridized carbons (Fsp3) is 0.308. The van der Waals surface area contributed by atoms with Crippen molar-refractivity contribution < 1.29 is 4.74 Å². The van der Waals surface area contributed by atoms with Crippen molar-refractivity contribution in [2.45, 2.75) is 26.5 Å². The number of nitrogens with one attached hydrogen (secondary N) is 1. The highest BCUT2D eigenvalue weighted by atomic mass is 16.5. The Morgan fingerprint density at radius 3 is 2.24 bits per heavy atom. The minimum absolute atomic E-state index is 0.197. The van der Waals surface area contributed by atoms with Crippen LogP contribution in [0.15, 0.2) is 72.8 Å². The van der Waals surface area contributed by atoms with Crippen LogP contribution in [0, 0.1) is 13.8 Å². The lowest BCUT2D eigenvalue weighted by molar-refractivity contribution is 0.192. The van der Waals surface area contributed by atoms with E-state index in [1.165, 1.54) is 27.8 Å². The van der Waals surface area contributed by atoms with Crippen LogP contribution in [-0.2, 0) is 6.61 Å². The molecule has 29 heavy (non-hydrogen) atoms. The van der Waals surface area contributed by atoms with E-state index in [1.54, 1.807) is 0 Å². The molecule has 1 unspecified atom stereocenters. The Hall–Kier alpha value is -2.62. The Balaban J connectivity index is 1.70. The van der Waals surface area contributed by atoms with Gasteiger partial charge in [0.25, 0.3) is 0 Å². The molecule has 1 atom stereocenters. The fourth-order valence-electron chi connectivity index (χ4n) is 4.27. The normalized spacial score (nSPS) is 15.8. The van der Waals surface area contributed by atoms with E-state index in [-0.39, 0.29) is 6.04 Å². The summed E-state index contributed by atoms with van der Waals surface area (Å²) < 4.78 is 6.33. The van der Waals surface area contributed by atoms with Gasteiger partial charge in [-0.2, -0.15) is 0 Å². The molecule has 3 aromatic rings. The van der Waals surface area contributed by atoms with Crippen LogP contribution in [0.1, 0.15) is 33.9 Å². The van der Waals surface area contributed by atoms with E-state index < -0.39 is 0 Å². The van der Waals surface area contributed by atoms with Crippen molar-refractivity contribution in [1.82, 2.24) is 10.2 Å². The molecule has 0 amide bonds. The average Bonchev–Trinajstić information content (AvgIpc) is 2.74. The third-order valence-electron chi connectivity index (χ3n) is 5.53. The summed E-state index contributed by atoms with van der Waals surface area (Å²) in [5.74, 6) is 0.971. The highest BCUT2D eigenvalue weighted by Crippen LogP contribution is 2.36. The van der Waals surface area contributed by atoms with Gasteiger partial charge in [-0.1, -0.05) is 77.9 Å². The summed E-state index contributed by atoms with van der Waals surface area (Å²) in [4.78, 5) is 2.58. The Labute approximate surface area is 174 Å². The maximum Gasteiger partial charge on any atom is 0.124 e. The molecule has 1 aliphatic rings. The second-order valence-electron chi connectivity index (χ2n) is 7.92. The summed E-state index contributed by atoms with van der Waals surface area (Å²) >= 11 is 0. The largest absolute Gasteiger partial charge is 0.489 e. The maximum atomic E-state index is 6.33. The van der Waals surface area contributed by atoms with Gasteiger partial charge in [0, 0.05) is 31.7 Å². The minimum atomic E-state index is 0.197. The molecule has 4 rings (SSSR count). The number of aryl methyl sites for hydroxylation is 2. The first-order valence-electron chi connectivity index (χ1n) is 10.5. The molecule has 0 aliphatic carbocycles. The zero-order chi connectivity index (χ0) is 20.1. The molecule has 3 nitrogen and oxygen atoms in total. The van der Waals surface area contributed by atoms with E-state index in [0.717, 1.165) is 31.9 Å². The molecule has 1 saturated heterocycles. The zero-order valence-electron chi connectivity index (χ0n) is 17.4. The van der Waals surface area contributed by atoms with E-state index in [2.05, 4.69) is 90.8 Å². The monoisotopic (exact) mass is 386 g/mol. The molecule has 0 saturated carbocycles. The van der Waals surface area contributed by atoms with Crippen LogP contribution in [0.3, 0.4) is 0 Å². The number of nitrogens with zero attached hydrogens (tertiary/aromatic N) is 1. The first-order chi connectivity index (χ1) is 14.2. The van der Waals surface area contributed by atoms with Gasteiger partial charge in [-0.05, 0) is 31.0 Å². The van der Waals surface area contributed by atoms with Crippen LogP contribution in [0.4, 0.5) is 0 Å². The van der Waals surface area contributed by atoms with Gasteiger partial charge in [-0.3, -0.25) is 4.90 Å². The van der Waals surface area contributed by atoms with E-state index in [0.29, 0.717) is 6.61 Å². The lowest BCUT2D eigenvalue weighted by atomic mass is 9.93. The molecule has 0 radical (unpaired) electrons. The van der Waals surface area contributed by atoms with E-state index >= 15 is 0 Å². The molecule has 1 N–H and O–H groups in total. The fourth-order valence-corrected chi connectivity index (χ4v) is 4.27. The third-order valence-corrected chi connectivity index (χ3v) is 5.53. The van der Waals surface area contributed by atoms with Crippen molar-refractivity contribution in [3.8, 4) is 5.75 Å². The molecule has 0 bridgehead atoms. The first kappa shape index (κ1) is 19.7. The van der Waals surface area contributed by atoms with Gasteiger partial charge in [-0.15, -0.1) is 0 Å². The van der Waals surface area contributed by atoms with Gasteiger partial charge in [0.15, 0.2) is 0 Å². The standard InChI is InChI=1S/C26H30N2O/c1-20-16-21(2)18-23(17-20)26(28-14-12-27-13-15-28)24-10-6-7-11-25(24)29-19-22-8-4-3-5-9-22/h3-11,16-18,26-27H,12-15,19H2,1-2H3. The van der Waals surface area contributed by atoms with E-state index in [1.807, 2.05) is 6.07 Å². The predicted octanol–water partition coefficient (Wildman–Crippen LogP) is 4.88. The third kappa shape index (κ3) is 4.87. The number of rotatable bonds is 6. The average molecular weight is 387 g/mol. The van der Waals surface area contributed by atoms with Gasteiger partial charge in [0.05, 0.1) is 6.04 Å². The Morgan fingerprint density at radius 2 is 1.52 bits per heavy atom. The number of benzene rings is 3. The molecule has 3 aromatic carbocycles. The quantitative estimate of drug-likeness (QED) is 0.654.